The van der Waals surface area contributed by atoms with E-state index in [1.165, 1.54) is 17.9 Å². The van der Waals surface area contributed by atoms with Crippen LogP contribution >= 0.6 is 0 Å². The maximum atomic E-state index is 12.7. The van der Waals surface area contributed by atoms with Gasteiger partial charge in [0, 0.05) is 12.5 Å². The zero-order valence-electron chi connectivity index (χ0n) is 13.8. The third-order valence-electron chi connectivity index (χ3n) is 3.96. The molecule has 8 nitrogen and oxygen atoms in total. The predicted octanol–water partition coefficient (Wildman–Crippen LogP) is 1.44. The molecule has 1 atom stereocenters. The summed E-state index contributed by atoms with van der Waals surface area (Å²) in [5.41, 5.74) is 0.464. The number of aliphatic hydroxyl groups excluding tert-OH is 1. The molecule has 1 aromatic heterocycles. The van der Waals surface area contributed by atoms with Crippen LogP contribution in [-0.2, 0) is 6.54 Å². The summed E-state index contributed by atoms with van der Waals surface area (Å²) in [6, 6.07) is 6.14. The average molecular weight is 334 g/mol. The number of carbonyl (C=O) groups excluding carboxylic acids is 1. The lowest BCUT2D eigenvalue weighted by Gasteiger charge is -2.10. The van der Waals surface area contributed by atoms with Crippen LogP contribution in [0.1, 0.15) is 29.1 Å². The highest BCUT2D eigenvalue weighted by Gasteiger charge is 2.30. The van der Waals surface area contributed by atoms with Gasteiger partial charge in [0.2, 0.25) is 5.78 Å². The average Bonchev–Trinajstić information content (AvgIpc) is 2.91. The first-order chi connectivity index (χ1) is 11.4. The molecule has 128 valence electrons. The van der Waals surface area contributed by atoms with Crippen LogP contribution in [0.5, 0.6) is 5.75 Å². The second-order valence-electron chi connectivity index (χ2n) is 5.35. The van der Waals surface area contributed by atoms with Crippen LogP contribution in [0.4, 0.5) is 5.82 Å². The van der Waals surface area contributed by atoms with Crippen molar-refractivity contribution in [2.24, 2.45) is 0 Å². The molecular formula is C16H20N3O5+. The molecule has 1 aromatic carbocycles. The Kier molecular flexibility index (Phi) is 5.30. The highest BCUT2D eigenvalue weighted by atomic mass is 16.6. The number of hydrogen-bond acceptors (Lipinski definition) is 5. The quantitative estimate of drug-likeness (QED) is 0.357. The maximum absolute atomic E-state index is 12.7. The molecule has 8 heteroatoms. The van der Waals surface area contributed by atoms with E-state index in [0.717, 1.165) is 0 Å². The number of Topliss-reactive ketones (excluding diaryl/α,β-unsaturated/α-hetero) is 1. The number of aromatic nitrogens is 2. The van der Waals surface area contributed by atoms with Gasteiger partial charge in [0.1, 0.15) is 12.3 Å². The van der Waals surface area contributed by atoms with Crippen LogP contribution < -0.4 is 9.30 Å². The Labute approximate surface area is 139 Å². The highest BCUT2D eigenvalue weighted by molar-refractivity contribution is 5.98. The molecule has 0 unspecified atom stereocenters. The normalized spacial score (nSPS) is 12.0. The van der Waals surface area contributed by atoms with E-state index in [9.17, 15) is 14.9 Å². The Morgan fingerprint density at radius 3 is 2.79 bits per heavy atom. The molecule has 1 heterocycles. The van der Waals surface area contributed by atoms with Crippen molar-refractivity contribution in [3.05, 3.63) is 52.0 Å². The zero-order valence-corrected chi connectivity index (χ0v) is 13.8. The Balaban J connectivity index is 2.41. The van der Waals surface area contributed by atoms with Gasteiger partial charge in [-0.2, -0.15) is 4.57 Å². The van der Waals surface area contributed by atoms with E-state index in [2.05, 4.69) is 0 Å². The van der Waals surface area contributed by atoms with E-state index in [4.69, 9.17) is 9.84 Å². The highest BCUT2D eigenvalue weighted by Crippen LogP contribution is 2.19. The number of carbonyl (C=O) groups is 1. The molecular weight excluding hydrogens is 314 g/mol. The van der Waals surface area contributed by atoms with Gasteiger partial charge >= 0.3 is 5.82 Å². The number of hydrogen-bond donors (Lipinski definition) is 1. The minimum atomic E-state index is -0.629. The van der Waals surface area contributed by atoms with Crippen LogP contribution in [0, 0.1) is 17.0 Å². The topological polar surface area (TPSA) is 98.5 Å². The van der Waals surface area contributed by atoms with Crippen molar-refractivity contribution in [2.75, 3.05) is 13.7 Å². The predicted molar refractivity (Wildman–Crippen MR) is 85.1 cm³/mol. The van der Waals surface area contributed by atoms with Crippen molar-refractivity contribution in [1.29, 1.82) is 0 Å². The lowest BCUT2D eigenvalue weighted by atomic mass is 10.0. The molecule has 0 aliphatic carbocycles. The monoisotopic (exact) mass is 334 g/mol. The molecule has 0 fully saturated rings. The number of nitrogens with zero attached hydrogens (tertiary/aromatic N) is 3. The standard InChI is InChI=1S/C16H20N3O5/c1-11(16(21)13-5-4-6-14(9-13)24-3)18-10-15(19(22)23)17(7-8-20)12(18)2/h4-6,9-11,20H,7-8H2,1-3H3/q+1/t11-/m1/s1. The van der Waals surface area contributed by atoms with Gasteiger partial charge in [0.05, 0.1) is 13.7 Å². The fraction of sp³-hybridized carbons (Fsp3) is 0.375. The fourth-order valence-corrected chi connectivity index (χ4v) is 2.65. The first-order valence-electron chi connectivity index (χ1n) is 7.45. The van der Waals surface area contributed by atoms with E-state index in [1.54, 1.807) is 42.7 Å². The molecule has 0 spiro atoms. The van der Waals surface area contributed by atoms with Crippen molar-refractivity contribution < 1.29 is 24.1 Å². The molecule has 2 rings (SSSR count). The van der Waals surface area contributed by atoms with Crippen LogP contribution in [0.3, 0.4) is 0 Å². The van der Waals surface area contributed by atoms with Gasteiger partial charge < -0.3 is 20.0 Å². The van der Waals surface area contributed by atoms with Crippen molar-refractivity contribution in [3.63, 3.8) is 0 Å². The lowest BCUT2D eigenvalue weighted by Crippen LogP contribution is -2.43. The minimum Gasteiger partial charge on any atom is -0.497 e. The summed E-state index contributed by atoms with van der Waals surface area (Å²) in [4.78, 5) is 23.4. The van der Waals surface area contributed by atoms with E-state index in [1.807, 2.05) is 0 Å². The fourth-order valence-electron chi connectivity index (χ4n) is 2.65. The number of benzene rings is 1. The summed E-state index contributed by atoms with van der Waals surface area (Å²) < 4.78 is 8.06. The van der Waals surface area contributed by atoms with Gasteiger partial charge in [-0.25, -0.2) is 4.57 Å². The Morgan fingerprint density at radius 2 is 2.21 bits per heavy atom. The summed E-state index contributed by atoms with van der Waals surface area (Å²) >= 11 is 0. The van der Waals surface area contributed by atoms with Crippen molar-refractivity contribution in [3.8, 4) is 5.75 Å². The van der Waals surface area contributed by atoms with Crippen molar-refractivity contribution in [1.82, 2.24) is 4.57 Å². The SMILES string of the molecule is COc1cccc(C(=O)[C@@H](C)[n+]2cc([N+](=O)[O-])n(CCO)c2C)c1. The summed E-state index contributed by atoms with van der Waals surface area (Å²) in [6.07, 6.45) is 1.33. The first kappa shape index (κ1) is 17.6. The van der Waals surface area contributed by atoms with Crippen LogP contribution in [0.2, 0.25) is 0 Å². The Hall–Kier alpha value is -2.74. The van der Waals surface area contributed by atoms with Crippen LogP contribution in [0.15, 0.2) is 30.5 Å². The zero-order chi connectivity index (χ0) is 17.9. The number of rotatable bonds is 7. The summed E-state index contributed by atoms with van der Waals surface area (Å²) in [6.45, 7) is 3.23. The Morgan fingerprint density at radius 1 is 1.50 bits per heavy atom. The molecule has 1 N–H and O–H groups in total. The molecule has 0 saturated carbocycles. The number of imidazole rings is 1. The van der Waals surface area contributed by atoms with Gasteiger partial charge in [-0.15, -0.1) is 0 Å². The van der Waals surface area contributed by atoms with E-state index < -0.39 is 11.0 Å². The summed E-state index contributed by atoms with van der Waals surface area (Å²) in [5.74, 6) is 0.753. The van der Waals surface area contributed by atoms with E-state index >= 15 is 0 Å². The summed E-state index contributed by atoms with van der Waals surface area (Å²) in [5, 5.41) is 20.3. The van der Waals surface area contributed by atoms with Crippen molar-refractivity contribution in [2.45, 2.75) is 26.4 Å². The van der Waals surface area contributed by atoms with Gasteiger partial charge in [0.15, 0.2) is 12.2 Å². The largest absolute Gasteiger partial charge is 0.497 e. The Bertz CT molecular complexity index is 769. The first-order valence-corrected chi connectivity index (χ1v) is 7.45. The molecule has 0 aliphatic heterocycles. The molecule has 0 radical (unpaired) electrons. The summed E-state index contributed by atoms with van der Waals surface area (Å²) in [7, 11) is 1.52. The number of ketones is 1. The van der Waals surface area contributed by atoms with Gasteiger partial charge in [-0.3, -0.25) is 4.79 Å². The number of ether oxygens (including phenoxy) is 1. The van der Waals surface area contributed by atoms with Crippen LogP contribution in [0.25, 0.3) is 0 Å². The molecule has 2 aromatic rings. The maximum Gasteiger partial charge on any atom is 0.365 e. The van der Waals surface area contributed by atoms with Crippen LogP contribution in [-0.4, -0.2) is 34.1 Å². The molecule has 0 bridgehead atoms. The van der Waals surface area contributed by atoms with Gasteiger partial charge in [0.25, 0.3) is 5.82 Å². The minimum absolute atomic E-state index is 0.0925. The second kappa shape index (κ2) is 7.22. The van der Waals surface area contributed by atoms with E-state index in [0.29, 0.717) is 17.1 Å². The third-order valence-corrected chi connectivity index (χ3v) is 3.96. The number of methoxy groups -OCH3 is 1. The molecule has 0 saturated heterocycles. The lowest BCUT2D eigenvalue weighted by molar-refractivity contribution is -0.711. The van der Waals surface area contributed by atoms with Crippen molar-refractivity contribution >= 4 is 11.6 Å². The van der Waals surface area contributed by atoms with Gasteiger partial charge in [-0.05, 0) is 24.0 Å². The third kappa shape index (κ3) is 3.28. The molecule has 24 heavy (non-hydrogen) atoms. The number of nitro groups is 1. The molecule has 0 amide bonds. The number of aliphatic hydroxyl groups is 1. The van der Waals surface area contributed by atoms with Gasteiger partial charge in [-0.1, -0.05) is 12.1 Å². The second-order valence-corrected chi connectivity index (χ2v) is 5.35. The smallest absolute Gasteiger partial charge is 0.365 e. The molecule has 0 aliphatic rings. The van der Waals surface area contributed by atoms with E-state index in [-0.39, 0.29) is 24.8 Å².